The zero-order chi connectivity index (χ0) is 18.8. The van der Waals surface area contributed by atoms with E-state index in [2.05, 4.69) is 20.2 Å². The highest BCUT2D eigenvalue weighted by Gasteiger charge is 2.25. The van der Waals surface area contributed by atoms with Crippen LogP contribution in [0.2, 0.25) is 0 Å². The van der Waals surface area contributed by atoms with E-state index in [0.717, 1.165) is 42.8 Å². The van der Waals surface area contributed by atoms with Crippen molar-refractivity contribution in [1.82, 2.24) is 15.3 Å². The van der Waals surface area contributed by atoms with Gasteiger partial charge in [0.05, 0.1) is 0 Å². The van der Waals surface area contributed by atoms with Crippen molar-refractivity contribution in [2.24, 2.45) is 0 Å². The number of carbonyl (C=O) groups is 1. The maximum atomic E-state index is 13.1. The number of hydrogen-bond donors (Lipinski definition) is 1. The van der Waals surface area contributed by atoms with Gasteiger partial charge in [-0.3, -0.25) is 4.79 Å². The molecule has 0 radical (unpaired) electrons. The minimum Gasteiger partial charge on any atom is -0.359 e. The summed E-state index contributed by atoms with van der Waals surface area (Å²) in [4.78, 5) is 23.3. The molecule has 1 amide bonds. The van der Waals surface area contributed by atoms with Gasteiger partial charge in [0.2, 0.25) is 5.95 Å². The van der Waals surface area contributed by atoms with Crippen LogP contribution in [0.5, 0.6) is 0 Å². The number of aromatic nitrogens is 2. The van der Waals surface area contributed by atoms with Gasteiger partial charge in [0.1, 0.15) is 11.5 Å². The summed E-state index contributed by atoms with van der Waals surface area (Å²) in [7, 11) is 2.00. The van der Waals surface area contributed by atoms with E-state index in [1.807, 2.05) is 13.1 Å². The number of nitrogens with one attached hydrogen (secondary N) is 1. The largest absolute Gasteiger partial charge is 0.359 e. The van der Waals surface area contributed by atoms with E-state index >= 15 is 0 Å². The van der Waals surface area contributed by atoms with Crippen LogP contribution in [-0.4, -0.2) is 35.5 Å². The summed E-state index contributed by atoms with van der Waals surface area (Å²) < 4.78 is 13.1. The number of rotatable bonds is 4. The Bertz CT molecular complexity index is 831. The molecule has 1 aliphatic carbocycles. The van der Waals surface area contributed by atoms with Crippen molar-refractivity contribution in [3.8, 4) is 0 Å². The van der Waals surface area contributed by atoms with E-state index in [9.17, 15) is 9.18 Å². The third kappa shape index (κ3) is 3.94. The molecule has 0 unspecified atom stereocenters. The van der Waals surface area contributed by atoms with Gasteiger partial charge in [-0.05, 0) is 48.9 Å². The van der Waals surface area contributed by atoms with Gasteiger partial charge in [-0.2, -0.15) is 4.39 Å². The van der Waals surface area contributed by atoms with E-state index < -0.39 is 5.95 Å². The fourth-order valence-corrected chi connectivity index (χ4v) is 4.09. The van der Waals surface area contributed by atoms with Crippen LogP contribution in [0.15, 0.2) is 24.4 Å². The number of hydrogen-bond acceptors (Lipinski definition) is 4. The van der Waals surface area contributed by atoms with Crippen molar-refractivity contribution >= 4 is 11.7 Å². The molecule has 2 aliphatic rings. The van der Waals surface area contributed by atoms with E-state index in [0.29, 0.717) is 12.1 Å². The molecule has 2 aromatic rings. The highest BCUT2D eigenvalue weighted by atomic mass is 19.1. The third-order valence-electron chi connectivity index (χ3n) is 5.61. The summed E-state index contributed by atoms with van der Waals surface area (Å²) >= 11 is 0. The molecule has 0 atom stereocenters. The van der Waals surface area contributed by atoms with Crippen molar-refractivity contribution in [3.05, 3.63) is 52.7 Å². The highest BCUT2D eigenvalue weighted by molar-refractivity contribution is 5.93. The number of pyridine rings is 2. The summed E-state index contributed by atoms with van der Waals surface area (Å²) in [6.45, 7) is 0.894. The first-order valence-corrected chi connectivity index (χ1v) is 9.75. The van der Waals surface area contributed by atoms with Crippen LogP contribution >= 0.6 is 0 Å². The molecule has 3 heterocycles. The highest BCUT2D eigenvalue weighted by Crippen LogP contribution is 2.30. The molecule has 1 aliphatic heterocycles. The van der Waals surface area contributed by atoms with Crippen molar-refractivity contribution in [2.45, 2.75) is 51.0 Å². The normalized spacial score (nSPS) is 17.0. The molecule has 0 spiro atoms. The summed E-state index contributed by atoms with van der Waals surface area (Å²) in [6, 6.07) is 5.28. The van der Waals surface area contributed by atoms with Gasteiger partial charge in [0.25, 0.3) is 5.91 Å². The van der Waals surface area contributed by atoms with Gasteiger partial charge < -0.3 is 10.2 Å². The summed E-state index contributed by atoms with van der Waals surface area (Å²) in [5, 5.41) is 3.16. The minimum atomic E-state index is -0.481. The summed E-state index contributed by atoms with van der Waals surface area (Å²) in [5.74, 6) is 0.311. The molecule has 2 aromatic heterocycles. The van der Waals surface area contributed by atoms with E-state index in [-0.39, 0.29) is 11.9 Å². The third-order valence-corrected chi connectivity index (χ3v) is 5.61. The first kappa shape index (κ1) is 17.9. The molecular weight excluding hydrogens is 343 g/mol. The lowest BCUT2D eigenvalue weighted by Gasteiger charge is -2.23. The predicted molar refractivity (Wildman–Crippen MR) is 103 cm³/mol. The number of likely N-dealkylation sites (N-methyl/N-ethyl adjacent to an activating group) is 1. The average Bonchev–Trinajstić information content (AvgIpc) is 3.06. The van der Waals surface area contributed by atoms with Gasteiger partial charge in [-0.25, -0.2) is 9.97 Å². The molecule has 1 saturated carbocycles. The fourth-order valence-electron chi connectivity index (χ4n) is 4.09. The maximum absolute atomic E-state index is 13.1. The quantitative estimate of drug-likeness (QED) is 0.842. The van der Waals surface area contributed by atoms with Crippen LogP contribution in [0.3, 0.4) is 0 Å². The number of carbonyl (C=O) groups excluding carboxylic acids is 1. The van der Waals surface area contributed by atoms with Gasteiger partial charge in [0.15, 0.2) is 0 Å². The van der Waals surface area contributed by atoms with E-state index in [1.54, 1.807) is 12.3 Å². The Balaban J connectivity index is 1.61. The van der Waals surface area contributed by atoms with Crippen molar-refractivity contribution < 1.29 is 9.18 Å². The first-order valence-electron chi connectivity index (χ1n) is 9.75. The van der Waals surface area contributed by atoms with Crippen LogP contribution in [0, 0.1) is 5.95 Å². The Kier molecular flexibility index (Phi) is 5.05. The molecule has 142 valence electrons. The van der Waals surface area contributed by atoms with Gasteiger partial charge >= 0.3 is 0 Å². The van der Waals surface area contributed by atoms with Crippen molar-refractivity contribution in [3.63, 3.8) is 0 Å². The van der Waals surface area contributed by atoms with Gasteiger partial charge in [0, 0.05) is 31.4 Å². The first-order chi connectivity index (χ1) is 13.1. The Hall–Kier alpha value is -2.50. The zero-order valence-corrected chi connectivity index (χ0v) is 15.7. The molecule has 5 nitrogen and oxygen atoms in total. The monoisotopic (exact) mass is 368 g/mol. The number of anilines is 1. The van der Waals surface area contributed by atoms with Crippen LogP contribution in [-0.2, 0) is 12.8 Å². The lowest BCUT2D eigenvalue weighted by Crippen LogP contribution is -2.36. The van der Waals surface area contributed by atoms with Gasteiger partial charge in [-0.15, -0.1) is 0 Å². The molecule has 0 aromatic carbocycles. The maximum Gasteiger partial charge on any atom is 0.270 e. The minimum absolute atomic E-state index is 0.0940. The smallest absolute Gasteiger partial charge is 0.270 e. The van der Waals surface area contributed by atoms with Crippen LogP contribution < -0.4 is 10.2 Å². The van der Waals surface area contributed by atoms with Crippen LogP contribution in [0.1, 0.15) is 59.3 Å². The van der Waals surface area contributed by atoms with Crippen molar-refractivity contribution in [2.75, 3.05) is 18.5 Å². The summed E-state index contributed by atoms with van der Waals surface area (Å²) in [6.07, 6.45) is 8.79. The standard InChI is InChI=1S/C21H25FN4O/c1-26-10-9-17-15(11-14-7-8-19(22)23-13-14)12-18(25-20(17)26)21(27)24-16-5-3-2-4-6-16/h7-8,12-13,16H,2-6,9-11H2,1H3,(H,24,27). The SMILES string of the molecule is CN1CCc2c(Cc3ccc(F)nc3)cc(C(=O)NC3CCCCC3)nc21. The molecule has 1 N–H and O–H groups in total. The van der Waals surface area contributed by atoms with Crippen molar-refractivity contribution in [1.29, 1.82) is 0 Å². The summed E-state index contributed by atoms with van der Waals surface area (Å²) in [5.41, 5.74) is 3.65. The Labute approximate surface area is 159 Å². The number of amides is 1. The van der Waals surface area contributed by atoms with Crippen LogP contribution in [0.25, 0.3) is 0 Å². The molecule has 0 bridgehead atoms. The Morgan fingerprint density at radius 3 is 2.85 bits per heavy atom. The predicted octanol–water partition coefficient (Wildman–Crippen LogP) is 3.26. The molecule has 6 heteroatoms. The number of fused-ring (bicyclic) bond motifs is 1. The fraction of sp³-hybridized carbons (Fsp3) is 0.476. The zero-order valence-electron chi connectivity index (χ0n) is 15.7. The number of halogens is 1. The molecular formula is C21H25FN4O. The molecule has 0 saturated heterocycles. The van der Waals surface area contributed by atoms with E-state index in [1.165, 1.54) is 30.9 Å². The second-order valence-corrected chi connectivity index (χ2v) is 7.61. The van der Waals surface area contributed by atoms with E-state index in [4.69, 9.17) is 0 Å². The topological polar surface area (TPSA) is 58.1 Å². The Morgan fingerprint density at radius 1 is 1.30 bits per heavy atom. The molecule has 1 fully saturated rings. The second kappa shape index (κ2) is 7.62. The van der Waals surface area contributed by atoms with Gasteiger partial charge in [-0.1, -0.05) is 25.3 Å². The second-order valence-electron chi connectivity index (χ2n) is 7.61. The Morgan fingerprint density at radius 2 is 2.11 bits per heavy atom. The molecule has 4 rings (SSSR count). The lowest BCUT2D eigenvalue weighted by atomic mass is 9.95. The average molecular weight is 368 g/mol. The number of nitrogens with zero attached hydrogens (tertiary/aromatic N) is 3. The lowest BCUT2D eigenvalue weighted by molar-refractivity contribution is 0.0922. The molecule has 27 heavy (non-hydrogen) atoms. The van der Waals surface area contributed by atoms with Crippen LogP contribution in [0.4, 0.5) is 10.2 Å².